The standard InChI is InChI=1S/C11H15N3O2/c1-8-3-2-4-14(7-8)10-5-9(11(15)16)6-12-13-10/h5-6,8H,2-4,7H2,1H3,(H,15,16)/t8-/m0/s1. The summed E-state index contributed by atoms with van der Waals surface area (Å²) in [5.74, 6) is 0.344. The normalized spacial score (nSPS) is 20.8. The quantitative estimate of drug-likeness (QED) is 0.817. The van der Waals surface area contributed by atoms with Crippen LogP contribution in [-0.2, 0) is 0 Å². The third-order valence-electron chi connectivity index (χ3n) is 2.87. The van der Waals surface area contributed by atoms with E-state index >= 15 is 0 Å². The smallest absolute Gasteiger partial charge is 0.337 e. The fourth-order valence-electron chi connectivity index (χ4n) is 2.02. The highest BCUT2D eigenvalue weighted by Crippen LogP contribution is 2.21. The van der Waals surface area contributed by atoms with E-state index in [2.05, 4.69) is 22.0 Å². The van der Waals surface area contributed by atoms with Crippen molar-refractivity contribution in [2.24, 2.45) is 5.92 Å². The Hall–Kier alpha value is -1.65. The molecule has 5 heteroatoms. The molecule has 1 aromatic heterocycles. The Morgan fingerprint density at radius 3 is 3.12 bits per heavy atom. The highest BCUT2D eigenvalue weighted by molar-refractivity contribution is 5.87. The van der Waals surface area contributed by atoms with Gasteiger partial charge in [-0.3, -0.25) is 0 Å². The van der Waals surface area contributed by atoms with Crippen LogP contribution in [0.15, 0.2) is 12.3 Å². The van der Waals surface area contributed by atoms with Gasteiger partial charge in [-0.25, -0.2) is 4.79 Å². The molecule has 0 unspecified atom stereocenters. The lowest BCUT2D eigenvalue weighted by Gasteiger charge is -2.31. The summed E-state index contributed by atoms with van der Waals surface area (Å²) in [5.41, 5.74) is 0.197. The number of carboxylic acids is 1. The van der Waals surface area contributed by atoms with Gasteiger partial charge in [0.05, 0.1) is 11.8 Å². The molecule has 0 aliphatic carbocycles. The predicted octanol–water partition coefficient (Wildman–Crippen LogP) is 1.41. The van der Waals surface area contributed by atoms with Crippen LogP contribution in [0.1, 0.15) is 30.1 Å². The molecule has 0 spiro atoms. The monoisotopic (exact) mass is 221 g/mol. The van der Waals surface area contributed by atoms with E-state index in [1.54, 1.807) is 6.07 Å². The van der Waals surface area contributed by atoms with Gasteiger partial charge in [0.25, 0.3) is 0 Å². The first-order valence-corrected chi connectivity index (χ1v) is 5.48. The third kappa shape index (κ3) is 2.29. The Kier molecular flexibility index (Phi) is 3.03. The predicted molar refractivity (Wildman–Crippen MR) is 59.6 cm³/mol. The van der Waals surface area contributed by atoms with Crippen LogP contribution < -0.4 is 4.90 Å². The first-order valence-electron chi connectivity index (χ1n) is 5.48. The van der Waals surface area contributed by atoms with Gasteiger partial charge in [-0.1, -0.05) is 6.92 Å². The van der Waals surface area contributed by atoms with Gasteiger partial charge in [-0.05, 0) is 24.8 Å². The van der Waals surface area contributed by atoms with Gasteiger partial charge in [-0.2, -0.15) is 5.10 Å². The van der Waals surface area contributed by atoms with Crippen LogP contribution in [-0.4, -0.2) is 34.4 Å². The van der Waals surface area contributed by atoms with Crippen LogP contribution in [0.3, 0.4) is 0 Å². The number of hydrogen-bond donors (Lipinski definition) is 1. The van der Waals surface area contributed by atoms with Gasteiger partial charge >= 0.3 is 5.97 Å². The summed E-state index contributed by atoms with van der Waals surface area (Å²) < 4.78 is 0. The highest BCUT2D eigenvalue weighted by atomic mass is 16.4. The van der Waals surface area contributed by atoms with E-state index in [1.165, 1.54) is 12.6 Å². The number of aromatic nitrogens is 2. The van der Waals surface area contributed by atoms with E-state index in [0.717, 1.165) is 19.5 Å². The number of anilines is 1. The molecule has 1 aromatic rings. The summed E-state index contributed by atoms with van der Waals surface area (Å²) >= 11 is 0. The van der Waals surface area contributed by atoms with Crippen molar-refractivity contribution >= 4 is 11.8 Å². The molecule has 0 radical (unpaired) electrons. The second-order valence-corrected chi connectivity index (χ2v) is 4.30. The van der Waals surface area contributed by atoms with Crippen molar-refractivity contribution in [1.29, 1.82) is 0 Å². The van der Waals surface area contributed by atoms with Gasteiger partial charge in [-0.15, -0.1) is 5.10 Å². The van der Waals surface area contributed by atoms with E-state index in [-0.39, 0.29) is 5.56 Å². The minimum absolute atomic E-state index is 0.197. The lowest BCUT2D eigenvalue weighted by Crippen LogP contribution is -2.35. The molecule has 5 nitrogen and oxygen atoms in total. The van der Waals surface area contributed by atoms with Crippen LogP contribution in [0.25, 0.3) is 0 Å². The summed E-state index contributed by atoms with van der Waals surface area (Å²) in [5, 5.41) is 16.6. The number of nitrogens with zero attached hydrogens (tertiary/aromatic N) is 3. The molecular formula is C11H15N3O2. The maximum Gasteiger partial charge on any atom is 0.337 e. The number of carbonyl (C=O) groups is 1. The summed E-state index contributed by atoms with van der Waals surface area (Å²) in [6, 6.07) is 1.59. The molecule has 16 heavy (non-hydrogen) atoms. The molecule has 1 atom stereocenters. The lowest BCUT2D eigenvalue weighted by molar-refractivity contribution is 0.0696. The Balaban J connectivity index is 2.19. The average Bonchev–Trinajstić information content (AvgIpc) is 2.29. The summed E-state index contributed by atoms with van der Waals surface area (Å²) in [4.78, 5) is 12.9. The number of carboxylic acid groups (broad SMARTS) is 1. The molecule has 1 aliphatic heterocycles. The summed E-state index contributed by atoms with van der Waals surface area (Å²) in [7, 11) is 0. The highest BCUT2D eigenvalue weighted by Gasteiger charge is 2.18. The van der Waals surface area contributed by atoms with Crippen molar-refractivity contribution in [2.45, 2.75) is 19.8 Å². The Labute approximate surface area is 94.1 Å². The van der Waals surface area contributed by atoms with Crippen molar-refractivity contribution in [3.05, 3.63) is 17.8 Å². The van der Waals surface area contributed by atoms with Crippen LogP contribution >= 0.6 is 0 Å². The van der Waals surface area contributed by atoms with Crippen molar-refractivity contribution in [3.63, 3.8) is 0 Å². The van der Waals surface area contributed by atoms with Crippen LogP contribution in [0.5, 0.6) is 0 Å². The molecule has 1 saturated heterocycles. The molecule has 2 heterocycles. The van der Waals surface area contributed by atoms with Gasteiger partial charge in [0.2, 0.25) is 0 Å². The second-order valence-electron chi connectivity index (χ2n) is 4.30. The number of rotatable bonds is 2. The number of piperidine rings is 1. The van der Waals surface area contributed by atoms with E-state index in [4.69, 9.17) is 5.11 Å². The van der Waals surface area contributed by atoms with Gasteiger partial charge in [0, 0.05) is 13.1 Å². The molecule has 0 aromatic carbocycles. The van der Waals surface area contributed by atoms with Gasteiger partial charge in [0.15, 0.2) is 5.82 Å². The van der Waals surface area contributed by atoms with E-state index in [0.29, 0.717) is 11.7 Å². The number of hydrogen-bond acceptors (Lipinski definition) is 4. The molecular weight excluding hydrogens is 206 g/mol. The van der Waals surface area contributed by atoms with Crippen molar-refractivity contribution in [1.82, 2.24) is 10.2 Å². The zero-order valence-corrected chi connectivity index (χ0v) is 9.26. The zero-order valence-electron chi connectivity index (χ0n) is 9.26. The molecule has 2 rings (SSSR count). The minimum Gasteiger partial charge on any atom is -0.478 e. The molecule has 86 valence electrons. The first kappa shape index (κ1) is 10.9. The fraction of sp³-hybridized carbons (Fsp3) is 0.545. The molecule has 1 fully saturated rings. The second kappa shape index (κ2) is 4.47. The van der Waals surface area contributed by atoms with Crippen molar-refractivity contribution < 1.29 is 9.90 Å². The van der Waals surface area contributed by atoms with Gasteiger partial charge < -0.3 is 10.0 Å². The third-order valence-corrected chi connectivity index (χ3v) is 2.87. The molecule has 1 aliphatic rings. The van der Waals surface area contributed by atoms with E-state index in [9.17, 15) is 4.79 Å². The van der Waals surface area contributed by atoms with Gasteiger partial charge in [0.1, 0.15) is 0 Å². The summed E-state index contributed by atoms with van der Waals surface area (Å²) in [6.45, 7) is 4.06. The lowest BCUT2D eigenvalue weighted by atomic mass is 10.0. The summed E-state index contributed by atoms with van der Waals surface area (Å²) in [6.07, 6.45) is 3.63. The average molecular weight is 221 g/mol. The zero-order chi connectivity index (χ0) is 11.5. The van der Waals surface area contributed by atoms with Crippen LogP contribution in [0, 0.1) is 5.92 Å². The Bertz CT molecular complexity index is 395. The molecule has 0 bridgehead atoms. The van der Waals surface area contributed by atoms with E-state index < -0.39 is 5.97 Å². The Morgan fingerprint density at radius 1 is 1.62 bits per heavy atom. The first-order chi connectivity index (χ1) is 7.66. The minimum atomic E-state index is -0.957. The Morgan fingerprint density at radius 2 is 2.44 bits per heavy atom. The van der Waals surface area contributed by atoms with Crippen LogP contribution in [0.4, 0.5) is 5.82 Å². The van der Waals surface area contributed by atoms with E-state index in [1.807, 2.05) is 0 Å². The molecule has 0 saturated carbocycles. The largest absolute Gasteiger partial charge is 0.478 e. The molecule has 1 N–H and O–H groups in total. The topological polar surface area (TPSA) is 66.3 Å². The maximum absolute atomic E-state index is 10.8. The SMILES string of the molecule is C[C@H]1CCCN(c2cc(C(=O)O)cnn2)C1. The van der Waals surface area contributed by atoms with Crippen molar-refractivity contribution in [2.75, 3.05) is 18.0 Å². The van der Waals surface area contributed by atoms with Crippen LogP contribution in [0.2, 0.25) is 0 Å². The number of aromatic carboxylic acids is 1. The molecule has 0 amide bonds. The van der Waals surface area contributed by atoms with Crippen molar-refractivity contribution in [3.8, 4) is 0 Å². The maximum atomic E-state index is 10.8. The fourth-order valence-corrected chi connectivity index (χ4v) is 2.02.